The lowest BCUT2D eigenvalue weighted by Crippen LogP contribution is -2.13. The van der Waals surface area contributed by atoms with Gasteiger partial charge in [-0.2, -0.15) is 0 Å². The Bertz CT molecular complexity index is 505. The molecule has 2 rings (SSSR count). The minimum absolute atomic E-state index is 0.925. The lowest BCUT2D eigenvalue weighted by atomic mass is 10.2. The van der Waals surface area contributed by atoms with Crippen LogP contribution in [0.4, 0.5) is 0 Å². The molecule has 0 unspecified atom stereocenters. The zero-order chi connectivity index (χ0) is 14.2. The van der Waals surface area contributed by atoms with Crippen LogP contribution in [-0.4, -0.2) is 16.1 Å². The summed E-state index contributed by atoms with van der Waals surface area (Å²) in [5.41, 5.74) is 1.35. The summed E-state index contributed by atoms with van der Waals surface area (Å²) in [4.78, 5) is 5.70. The van der Waals surface area contributed by atoms with Gasteiger partial charge in [0.2, 0.25) is 0 Å². The lowest BCUT2D eigenvalue weighted by molar-refractivity contribution is 0.675. The Morgan fingerprint density at radius 1 is 1.20 bits per heavy atom. The SMILES string of the molecule is CCCNCc1ccc(SCc2nccn2CC)cc1. The molecule has 108 valence electrons. The summed E-state index contributed by atoms with van der Waals surface area (Å²) in [6.07, 6.45) is 5.10. The van der Waals surface area contributed by atoms with Crippen LogP contribution in [0.3, 0.4) is 0 Å². The Balaban J connectivity index is 1.84. The van der Waals surface area contributed by atoms with Crippen LogP contribution >= 0.6 is 11.8 Å². The number of aromatic nitrogens is 2. The Hall–Kier alpha value is -1.26. The standard InChI is InChI=1S/C16H23N3S/c1-3-9-17-12-14-5-7-15(8-6-14)20-13-16-18-10-11-19(16)4-2/h5-8,10-11,17H,3-4,9,12-13H2,1-2H3. The van der Waals surface area contributed by atoms with Crippen LogP contribution in [0.25, 0.3) is 0 Å². The third-order valence-corrected chi connectivity index (χ3v) is 4.20. The number of rotatable bonds is 8. The van der Waals surface area contributed by atoms with E-state index in [1.54, 1.807) is 0 Å². The molecule has 1 aromatic heterocycles. The molecule has 1 N–H and O–H groups in total. The smallest absolute Gasteiger partial charge is 0.119 e. The largest absolute Gasteiger partial charge is 0.335 e. The molecule has 0 bridgehead atoms. The molecule has 0 aliphatic carbocycles. The maximum atomic E-state index is 4.40. The van der Waals surface area contributed by atoms with Gasteiger partial charge in [0.15, 0.2) is 0 Å². The number of thioether (sulfide) groups is 1. The van der Waals surface area contributed by atoms with E-state index >= 15 is 0 Å². The molecule has 4 heteroatoms. The van der Waals surface area contributed by atoms with Crippen molar-refractivity contribution in [1.82, 2.24) is 14.9 Å². The van der Waals surface area contributed by atoms with Crippen LogP contribution in [0, 0.1) is 0 Å². The minimum atomic E-state index is 0.925. The molecule has 1 aromatic carbocycles. The van der Waals surface area contributed by atoms with Crippen molar-refractivity contribution in [2.45, 2.75) is 44.0 Å². The van der Waals surface area contributed by atoms with Gasteiger partial charge in [-0.25, -0.2) is 4.98 Å². The molecule has 0 aliphatic heterocycles. The predicted molar refractivity (Wildman–Crippen MR) is 85.9 cm³/mol. The van der Waals surface area contributed by atoms with E-state index in [0.717, 1.165) is 31.2 Å². The molecule has 3 nitrogen and oxygen atoms in total. The molecule has 0 spiro atoms. The van der Waals surface area contributed by atoms with E-state index in [4.69, 9.17) is 0 Å². The number of nitrogens with zero attached hydrogens (tertiary/aromatic N) is 2. The number of hydrogen-bond acceptors (Lipinski definition) is 3. The lowest BCUT2D eigenvalue weighted by Gasteiger charge is -2.06. The molecule has 0 aliphatic rings. The van der Waals surface area contributed by atoms with Crippen molar-refractivity contribution in [2.24, 2.45) is 0 Å². The van der Waals surface area contributed by atoms with Crippen molar-refractivity contribution in [1.29, 1.82) is 0 Å². The van der Waals surface area contributed by atoms with Crippen LogP contribution in [0.15, 0.2) is 41.6 Å². The first kappa shape index (κ1) is 15.1. The van der Waals surface area contributed by atoms with Gasteiger partial charge in [-0.1, -0.05) is 19.1 Å². The predicted octanol–water partition coefficient (Wildman–Crippen LogP) is 3.69. The summed E-state index contributed by atoms with van der Waals surface area (Å²) in [7, 11) is 0. The fraction of sp³-hybridized carbons (Fsp3) is 0.438. The summed E-state index contributed by atoms with van der Waals surface area (Å²) < 4.78 is 2.19. The van der Waals surface area contributed by atoms with E-state index in [-0.39, 0.29) is 0 Å². The van der Waals surface area contributed by atoms with Crippen molar-refractivity contribution in [3.8, 4) is 0 Å². The van der Waals surface area contributed by atoms with Crippen LogP contribution in [0.1, 0.15) is 31.7 Å². The van der Waals surface area contributed by atoms with E-state index in [1.807, 2.05) is 24.2 Å². The molecule has 1 heterocycles. The summed E-state index contributed by atoms with van der Waals surface area (Å²) in [6.45, 7) is 7.36. The van der Waals surface area contributed by atoms with Gasteiger partial charge in [-0.3, -0.25) is 0 Å². The number of hydrogen-bond donors (Lipinski definition) is 1. The Kier molecular flexibility index (Phi) is 6.15. The number of benzene rings is 1. The molecule has 0 atom stereocenters. The first-order valence-corrected chi connectivity index (χ1v) is 8.24. The number of imidazole rings is 1. The van der Waals surface area contributed by atoms with Gasteiger partial charge in [0.1, 0.15) is 5.82 Å². The molecular weight excluding hydrogens is 266 g/mol. The zero-order valence-electron chi connectivity index (χ0n) is 12.3. The van der Waals surface area contributed by atoms with E-state index in [0.29, 0.717) is 0 Å². The molecule has 0 radical (unpaired) electrons. The summed E-state index contributed by atoms with van der Waals surface area (Å²) >= 11 is 1.84. The number of nitrogens with one attached hydrogen (secondary N) is 1. The van der Waals surface area contributed by atoms with Crippen LogP contribution in [-0.2, 0) is 18.8 Å². The minimum Gasteiger partial charge on any atom is -0.335 e. The van der Waals surface area contributed by atoms with Gasteiger partial charge < -0.3 is 9.88 Å². The Morgan fingerprint density at radius 3 is 2.70 bits per heavy atom. The van der Waals surface area contributed by atoms with Gasteiger partial charge in [-0.05, 0) is 37.6 Å². The highest BCUT2D eigenvalue weighted by molar-refractivity contribution is 7.98. The molecule has 0 fully saturated rings. The van der Waals surface area contributed by atoms with Crippen molar-refractivity contribution in [3.05, 3.63) is 48.0 Å². The second kappa shape index (κ2) is 8.12. The van der Waals surface area contributed by atoms with Crippen molar-refractivity contribution in [3.63, 3.8) is 0 Å². The fourth-order valence-electron chi connectivity index (χ4n) is 2.03. The van der Waals surface area contributed by atoms with Gasteiger partial charge in [0.05, 0.1) is 5.75 Å². The van der Waals surface area contributed by atoms with Crippen molar-refractivity contribution >= 4 is 11.8 Å². The highest BCUT2D eigenvalue weighted by Gasteiger charge is 2.02. The fourth-order valence-corrected chi connectivity index (χ4v) is 2.89. The number of aryl methyl sites for hydroxylation is 1. The maximum Gasteiger partial charge on any atom is 0.119 e. The second-order valence-electron chi connectivity index (χ2n) is 4.74. The monoisotopic (exact) mass is 289 g/mol. The summed E-state index contributed by atoms with van der Waals surface area (Å²) in [5.74, 6) is 2.07. The van der Waals surface area contributed by atoms with E-state index in [1.165, 1.54) is 16.9 Å². The van der Waals surface area contributed by atoms with Gasteiger partial charge in [0.25, 0.3) is 0 Å². The molecular formula is C16H23N3S. The first-order chi connectivity index (χ1) is 9.83. The highest BCUT2D eigenvalue weighted by Crippen LogP contribution is 2.22. The van der Waals surface area contributed by atoms with Gasteiger partial charge in [-0.15, -0.1) is 11.8 Å². The van der Waals surface area contributed by atoms with Gasteiger partial charge >= 0.3 is 0 Å². The van der Waals surface area contributed by atoms with E-state index in [9.17, 15) is 0 Å². The Morgan fingerprint density at radius 2 is 2.00 bits per heavy atom. The summed E-state index contributed by atoms with van der Waals surface area (Å²) in [6, 6.07) is 8.81. The topological polar surface area (TPSA) is 29.9 Å². The van der Waals surface area contributed by atoms with Crippen LogP contribution < -0.4 is 5.32 Å². The third-order valence-electron chi connectivity index (χ3n) is 3.19. The third kappa shape index (κ3) is 4.39. The van der Waals surface area contributed by atoms with Gasteiger partial charge in [0, 0.05) is 30.4 Å². The Labute approximate surface area is 125 Å². The molecule has 2 aromatic rings. The molecule has 20 heavy (non-hydrogen) atoms. The van der Waals surface area contributed by atoms with Crippen molar-refractivity contribution < 1.29 is 0 Å². The van der Waals surface area contributed by atoms with Crippen LogP contribution in [0.2, 0.25) is 0 Å². The van der Waals surface area contributed by atoms with E-state index in [2.05, 4.69) is 53.0 Å². The molecule has 0 amide bonds. The average molecular weight is 289 g/mol. The quantitative estimate of drug-likeness (QED) is 0.593. The summed E-state index contributed by atoms with van der Waals surface area (Å²) in [5, 5.41) is 3.42. The maximum absolute atomic E-state index is 4.40. The average Bonchev–Trinajstić information content (AvgIpc) is 2.94. The molecule has 0 saturated carbocycles. The highest BCUT2D eigenvalue weighted by atomic mass is 32.2. The molecule has 0 saturated heterocycles. The normalized spacial score (nSPS) is 10.9. The second-order valence-corrected chi connectivity index (χ2v) is 5.79. The zero-order valence-corrected chi connectivity index (χ0v) is 13.1. The first-order valence-electron chi connectivity index (χ1n) is 7.26. The van der Waals surface area contributed by atoms with Crippen LogP contribution in [0.5, 0.6) is 0 Å². The van der Waals surface area contributed by atoms with E-state index < -0.39 is 0 Å². The van der Waals surface area contributed by atoms with Crippen molar-refractivity contribution in [2.75, 3.05) is 6.54 Å².